The van der Waals surface area contributed by atoms with Crippen molar-refractivity contribution in [2.24, 2.45) is 4.99 Å². The minimum absolute atomic E-state index is 0.823. The van der Waals surface area contributed by atoms with Crippen LogP contribution in [-0.4, -0.2) is 11.2 Å². The molecule has 0 unspecified atom stereocenters. The molecule has 0 amide bonds. The monoisotopic (exact) mass is 228 g/mol. The molecule has 0 saturated carbocycles. The first-order chi connectivity index (χ1) is 8.34. The first kappa shape index (κ1) is 11.6. The van der Waals surface area contributed by atoms with E-state index in [-0.39, 0.29) is 0 Å². The normalized spacial score (nSPS) is 13.5. The van der Waals surface area contributed by atoms with Crippen LogP contribution in [0.25, 0.3) is 11.0 Å². The van der Waals surface area contributed by atoms with E-state index < -0.39 is 0 Å². The molecule has 0 aliphatic carbocycles. The molecule has 0 saturated heterocycles. The average molecular weight is 228 g/mol. The quantitative estimate of drug-likeness (QED) is 0.689. The van der Waals surface area contributed by atoms with Crippen LogP contribution in [0.1, 0.15) is 32.1 Å². The number of furan rings is 1. The first-order valence-electron chi connectivity index (χ1n) is 5.89. The predicted octanol–water partition coefficient (Wildman–Crippen LogP) is 3.73. The van der Waals surface area contributed by atoms with Crippen molar-refractivity contribution in [3.8, 4) is 0 Å². The molecule has 3 heterocycles. The van der Waals surface area contributed by atoms with E-state index in [1.807, 2.05) is 38.5 Å². The van der Waals surface area contributed by atoms with E-state index >= 15 is 0 Å². The molecule has 2 aromatic heterocycles. The molecule has 3 nitrogen and oxygen atoms in total. The van der Waals surface area contributed by atoms with Gasteiger partial charge in [0.15, 0.2) is 0 Å². The minimum atomic E-state index is 0.823. The molecule has 88 valence electrons. The molecule has 0 atom stereocenters. The third-order valence-corrected chi connectivity index (χ3v) is 2.54. The Bertz CT molecular complexity index is 579. The van der Waals surface area contributed by atoms with Gasteiger partial charge in [-0.1, -0.05) is 13.8 Å². The van der Waals surface area contributed by atoms with E-state index in [2.05, 4.69) is 16.9 Å². The second-order valence-corrected chi connectivity index (χ2v) is 3.74. The Labute approximate surface area is 101 Å². The van der Waals surface area contributed by atoms with Crippen molar-refractivity contribution in [3.05, 3.63) is 41.6 Å². The Morgan fingerprint density at radius 3 is 2.94 bits per heavy atom. The lowest BCUT2D eigenvalue weighted by Crippen LogP contribution is -1.86. The maximum absolute atomic E-state index is 5.77. The molecule has 0 fully saturated rings. The standard InChI is InChI=1S/C12H10N2O.C2H6/c1-8-4-12-10(7-14-5-8)9-6-13-3-2-11(9)15-12;1-2/h2-3,5-7H,4H2,1H3;1-2H3. The topological polar surface area (TPSA) is 38.4 Å². The Balaban J connectivity index is 0.000000514. The van der Waals surface area contributed by atoms with Gasteiger partial charge in [-0.2, -0.15) is 0 Å². The maximum atomic E-state index is 5.77. The third-order valence-electron chi connectivity index (χ3n) is 2.54. The Hall–Kier alpha value is -1.90. The molecule has 3 heteroatoms. The van der Waals surface area contributed by atoms with Gasteiger partial charge in [-0.15, -0.1) is 0 Å². The molecule has 0 N–H and O–H groups in total. The fourth-order valence-electron chi connectivity index (χ4n) is 1.82. The maximum Gasteiger partial charge on any atom is 0.138 e. The second-order valence-electron chi connectivity index (χ2n) is 3.74. The zero-order valence-electron chi connectivity index (χ0n) is 10.4. The smallest absolute Gasteiger partial charge is 0.138 e. The van der Waals surface area contributed by atoms with Gasteiger partial charge < -0.3 is 4.42 Å². The highest BCUT2D eigenvalue weighted by atomic mass is 16.3. The number of pyridine rings is 1. The third kappa shape index (κ3) is 2.13. The largest absolute Gasteiger partial charge is 0.460 e. The highest BCUT2D eigenvalue weighted by Gasteiger charge is 2.14. The van der Waals surface area contributed by atoms with Crippen molar-refractivity contribution < 1.29 is 4.42 Å². The predicted molar refractivity (Wildman–Crippen MR) is 70.4 cm³/mol. The molecule has 0 bridgehead atoms. The lowest BCUT2D eigenvalue weighted by Gasteiger charge is -1.94. The summed E-state index contributed by atoms with van der Waals surface area (Å²) < 4.78 is 5.77. The number of aliphatic imine (C=N–C) groups is 1. The van der Waals surface area contributed by atoms with E-state index in [0.29, 0.717) is 0 Å². The number of fused-ring (bicyclic) bond motifs is 3. The fourth-order valence-corrected chi connectivity index (χ4v) is 1.82. The first-order valence-corrected chi connectivity index (χ1v) is 5.89. The van der Waals surface area contributed by atoms with Crippen molar-refractivity contribution in [2.45, 2.75) is 27.2 Å². The summed E-state index contributed by atoms with van der Waals surface area (Å²) in [4.78, 5) is 8.34. The van der Waals surface area contributed by atoms with Crippen LogP contribution in [-0.2, 0) is 6.42 Å². The summed E-state index contributed by atoms with van der Waals surface area (Å²) in [5.74, 6) is 0.980. The second kappa shape index (κ2) is 4.95. The van der Waals surface area contributed by atoms with Gasteiger partial charge in [-0.3, -0.25) is 9.98 Å². The van der Waals surface area contributed by atoms with Crippen molar-refractivity contribution in [1.82, 2.24) is 4.98 Å². The molecular weight excluding hydrogens is 212 g/mol. The number of hydrogen-bond donors (Lipinski definition) is 0. The van der Waals surface area contributed by atoms with Crippen LogP contribution in [0.3, 0.4) is 0 Å². The summed E-state index contributed by atoms with van der Waals surface area (Å²) in [6.45, 7) is 6.05. The average Bonchev–Trinajstić information content (AvgIpc) is 2.59. The van der Waals surface area contributed by atoms with Gasteiger partial charge in [-0.05, 0) is 18.6 Å². The molecule has 3 rings (SSSR count). The Morgan fingerprint density at radius 1 is 1.29 bits per heavy atom. The summed E-state index contributed by atoms with van der Waals surface area (Å²) in [5, 5.41) is 1.04. The van der Waals surface area contributed by atoms with Gasteiger partial charge in [0.2, 0.25) is 0 Å². The van der Waals surface area contributed by atoms with Crippen LogP contribution in [0.2, 0.25) is 0 Å². The molecule has 0 aromatic carbocycles. The molecule has 2 aromatic rings. The van der Waals surface area contributed by atoms with E-state index in [4.69, 9.17) is 4.42 Å². The van der Waals surface area contributed by atoms with E-state index in [1.165, 1.54) is 5.57 Å². The zero-order chi connectivity index (χ0) is 12.3. The molecule has 17 heavy (non-hydrogen) atoms. The van der Waals surface area contributed by atoms with Gasteiger partial charge in [0.25, 0.3) is 0 Å². The molecular formula is C14H16N2O. The Morgan fingerprint density at radius 2 is 2.12 bits per heavy atom. The highest BCUT2D eigenvalue weighted by Crippen LogP contribution is 2.26. The van der Waals surface area contributed by atoms with Crippen LogP contribution in [0.4, 0.5) is 0 Å². The Kier molecular flexibility index (Phi) is 3.38. The van der Waals surface area contributed by atoms with Crippen LogP contribution >= 0.6 is 0 Å². The molecule has 0 radical (unpaired) electrons. The number of rotatable bonds is 0. The van der Waals surface area contributed by atoms with E-state index in [9.17, 15) is 0 Å². The molecule has 0 spiro atoms. The number of nitrogens with zero attached hydrogens (tertiary/aromatic N) is 2. The van der Waals surface area contributed by atoms with E-state index in [1.54, 1.807) is 6.20 Å². The summed E-state index contributed by atoms with van der Waals surface area (Å²) in [7, 11) is 0. The van der Waals surface area contributed by atoms with Crippen LogP contribution in [0.5, 0.6) is 0 Å². The molecule has 1 aliphatic rings. The van der Waals surface area contributed by atoms with Crippen LogP contribution in [0, 0.1) is 0 Å². The van der Waals surface area contributed by atoms with Gasteiger partial charge in [0.1, 0.15) is 11.3 Å². The zero-order valence-corrected chi connectivity index (χ0v) is 10.4. The summed E-state index contributed by atoms with van der Waals surface area (Å²) >= 11 is 0. The lowest BCUT2D eigenvalue weighted by atomic mass is 10.1. The van der Waals surface area contributed by atoms with E-state index in [0.717, 1.165) is 28.7 Å². The fraction of sp³-hybridized carbons (Fsp3) is 0.286. The van der Waals surface area contributed by atoms with Crippen molar-refractivity contribution in [3.63, 3.8) is 0 Å². The summed E-state index contributed by atoms with van der Waals surface area (Å²) in [5.41, 5.74) is 3.15. The number of allylic oxidation sites excluding steroid dienone is 1. The highest BCUT2D eigenvalue weighted by molar-refractivity contribution is 5.99. The summed E-state index contributed by atoms with van der Waals surface area (Å²) in [6, 6.07) is 1.89. The van der Waals surface area contributed by atoms with Gasteiger partial charge in [-0.25, -0.2) is 0 Å². The van der Waals surface area contributed by atoms with Gasteiger partial charge >= 0.3 is 0 Å². The SMILES string of the molecule is CC.CC1=CN=Cc2c(oc3ccncc23)C1. The van der Waals surface area contributed by atoms with Crippen molar-refractivity contribution >= 4 is 17.2 Å². The molecule has 1 aliphatic heterocycles. The number of aromatic nitrogens is 1. The van der Waals surface area contributed by atoms with Crippen LogP contribution in [0.15, 0.2) is 39.6 Å². The van der Waals surface area contributed by atoms with Crippen LogP contribution < -0.4 is 0 Å². The lowest BCUT2D eigenvalue weighted by molar-refractivity contribution is 0.560. The van der Waals surface area contributed by atoms with Crippen molar-refractivity contribution in [1.29, 1.82) is 0 Å². The number of hydrogen-bond acceptors (Lipinski definition) is 3. The van der Waals surface area contributed by atoms with Crippen molar-refractivity contribution in [2.75, 3.05) is 0 Å². The summed E-state index contributed by atoms with van der Waals surface area (Å²) in [6.07, 6.45) is 8.11. The van der Waals surface area contributed by atoms with Gasteiger partial charge in [0.05, 0.1) is 0 Å². The minimum Gasteiger partial charge on any atom is -0.460 e. The van der Waals surface area contributed by atoms with Gasteiger partial charge in [0, 0.05) is 42.2 Å².